The number of amides is 1. The summed E-state index contributed by atoms with van der Waals surface area (Å²) in [7, 11) is 2.14. The number of aromatic nitrogens is 1. The Kier molecular flexibility index (Phi) is 7.12. The van der Waals surface area contributed by atoms with Crippen molar-refractivity contribution in [2.75, 3.05) is 45.1 Å². The maximum atomic E-state index is 13.8. The summed E-state index contributed by atoms with van der Waals surface area (Å²) in [6.07, 6.45) is 7.41. The first-order chi connectivity index (χ1) is 20.5. The Bertz CT molecular complexity index is 1730. The summed E-state index contributed by atoms with van der Waals surface area (Å²) in [5.74, 6) is 0.992. The third kappa shape index (κ3) is 4.82. The average Bonchev–Trinajstić information content (AvgIpc) is 3.60. The highest BCUT2D eigenvalue weighted by Crippen LogP contribution is 2.45. The Morgan fingerprint density at radius 1 is 1.02 bits per heavy atom. The largest absolute Gasteiger partial charge is 0.451 e. The number of hydrogen-bond acceptors (Lipinski definition) is 6. The molecular formula is C34H39N5O3. The second-order valence-electron chi connectivity index (χ2n) is 12.1. The van der Waals surface area contributed by atoms with E-state index in [1.54, 1.807) is 6.20 Å². The van der Waals surface area contributed by atoms with Crippen molar-refractivity contribution in [2.24, 2.45) is 0 Å². The van der Waals surface area contributed by atoms with Gasteiger partial charge in [0.1, 0.15) is 11.1 Å². The van der Waals surface area contributed by atoms with Crippen LogP contribution in [0.2, 0.25) is 0 Å². The molecule has 4 heterocycles. The van der Waals surface area contributed by atoms with Crippen LogP contribution in [0.3, 0.4) is 0 Å². The Balaban J connectivity index is 1.26. The first kappa shape index (κ1) is 27.0. The molecule has 2 fully saturated rings. The topological polar surface area (TPSA) is 78.8 Å². The molecule has 3 aliphatic heterocycles. The van der Waals surface area contributed by atoms with Gasteiger partial charge in [-0.25, -0.2) is 0 Å². The Morgan fingerprint density at radius 3 is 2.60 bits per heavy atom. The van der Waals surface area contributed by atoms with Gasteiger partial charge in [-0.3, -0.25) is 14.5 Å². The van der Waals surface area contributed by atoms with Gasteiger partial charge in [0.05, 0.1) is 16.8 Å². The maximum absolute atomic E-state index is 13.8. The molecule has 0 bridgehead atoms. The van der Waals surface area contributed by atoms with E-state index in [0.717, 1.165) is 61.2 Å². The Labute approximate surface area is 246 Å². The summed E-state index contributed by atoms with van der Waals surface area (Å²) in [4.78, 5) is 32.1. The van der Waals surface area contributed by atoms with Gasteiger partial charge in [0.2, 0.25) is 5.43 Å². The summed E-state index contributed by atoms with van der Waals surface area (Å²) in [6, 6.07) is 17.1. The van der Waals surface area contributed by atoms with Crippen LogP contribution in [0, 0.1) is 0 Å². The van der Waals surface area contributed by atoms with Crippen LogP contribution in [-0.2, 0) is 0 Å². The van der Waals surface area contributed by atoms with Gasteiger partial charge in [-0.15, -0.1) is 0 Å². The first-order valence-corrected chi connectivity index (χ1v) is 15.4. The number of anilines is 1. The highest BCUT2D eigenvalue weighted by atomic mass is 16.5. The summed E-state index contributed by atoms with van der Waals surface area (Å²) < 4.78 is 8.56. The van der Waals surface area contributed by atoms with E-state index in [2.05, 4.69) is 52.6 Å². The molecule has 1 amide bonds. The predicted molar refractivity (Wildman–Crippen MR) is 168 cm³/mol. The number of carbonyl (C=O) groups is 1. The molecule has 0 spiro atoms. The normalized spacial score (nSPS) is 20.1. The zero-order chi connectivity index (χ0) is 28.8. The second-order valence-corrected chi connectivity index (χ2v) is 12.1. The molecule has 2 saturated heterocycles. The van der Waals surface area contributed by atoms with E-state index in [9.17, 15) is 9.59 Å². The van der Waals surface area contributed by atoms with Gasteiger partial charge in [-0.1, -0.05) is 24.3 Å². The van der Waals surface area contributed by atoms with Gasteiger partial charge < -0.3 is 24.8 Å². The van der Waals surface area contributed by atoms with Crippen molar-refractivity contribution in [3.63, 3.8) is 0 Å². The molecule has 2 unspecified atom stereocenters. The first-order valence-electron chi connectivity index (χ1n) is 15.4. The molecule has 42 heavy (non-hydrogen) atoms. The number of rotatable bonds is 8. The number of fused-ring (bicyclic) bond motifs is 3. The monoisotopic (exact) mass is 565 g/mol. The van der Waals surface area contributed by atoms with Crippen LogP contribution in [0.1, 0.15) is 49.4 Å². The average molecular weight is 566 g/mol. The molecule has 3 aromatic carbocycles. The molecule has 0 saturated carbocycles. The lowest BCUT2D eigenvalue weighted by atomic mass is 10.0. The van der Waals surface area contributed by atoms with Gasteiger partial charge in [-0.05, 0) is 94.2 Å². The summed E-state index contributed by atoms with van der Waals surface area (Å²) in [6.45, 7) is 6.78. The second kappa shape index (κ2) is 11.1. The number of ether oxygens (including phenoxy) is 1. The molecule has 218 valence electrons. The lowest BCUT2D eigenvalue weighted by molar-refractivity contribution is 0.0949. The van der Waals surface area contributed by atoms with Crippen LogP contribution in [0.5, 0.6) is 11.5 Å². The summed E-state index contributed by atoms with van der Waals surface area (Å²) in [5.41, 5.74) is 2.22. The molecule has 7 rings (SSSR count). The van der Waals surface area contributed by atoms with Crippen LogP contribution in [-0.4, -0.2) is 72.1 Å². The van der Waals surface area contributed by atoms with E-state index >= 15 is 0 Å². The SMILES string of the molecule is CC1CCCN1CCNc1ccc2c(=O)c(C(=O)NCCC3CCCN3C)cn3c2c1Oc1cc2ccccc2cc1-3. The van der Waals surface area contributed by atoms with Gasteiger partial charge in [-0.2, -0.15) is 0 Å². The van der Waals surface area contributed by atoms with E-state index in [0.29, 0.717) is 41.0 Å². The highest BCUT2D eigenvalue weighted by molar-refractivity contribution is 6.01. The molecular weight excluding hydrogens is 526 g/mol. The fraction of sp³-hybridized carbons (Fsp3) is 0.412. The highest BCUT2D eigenvalue weighted by Gasteiger charge is 2.28. The van der Waals surface area contributed by atoms with Crippen LogP contribution >= 0.6 is 0 Å². The quantitative estimate of drug-likeness (QED) is 0.264. The van der Waals surface area contributed by atoms with Crippen LogP contribution in [0.4, 0.5) is 5.69 Å². The number of carbonyl (C=O) groups excluding carboxylic acids is 1. The van der Waals surface area contributed by atoms with Crippen LogP contribution < -0.4 is 20.8 Å². The molecule has 0 radical (unpaired) electrons. The Hall–Kier alpha value is -3.88. The van der Waals surface area contributed by atoms with E-state index in [1.807, 2.05) is 34.9 Å². The third-order valence-corrected chi connectivity index (χ3v) is 9.50. The van der Waals surface area contributed by atoms with Crippen molar-refractivity contribution in [3.8, 4) is 17.2 Å². The summed E-state index contributed by atoms with van der Waals surface area (Å²) >= 11 is 0. The fourth-order valence-electron chi connectivity index (χ4n) is 7.02. The molecule has 2 N–H and O–H groups in total. The lowest BCUT2D eigenvalue weighted by Gasteiger charge is -2.27. The minimum Gasteiger partial charge on any atom is -0.451 e. The molecule has 4 aromatic rings. The van der Waals surface area contributed by atoms with E-state index in [-0.39, 0.29) is 16.9 Å². The van der Waals surface area contributed by atoms with Gasteiger partial charge in [0, 0.05) is 37.9 Å². The van der Waals surface area contributed by atoms with Gasteiger partial charge in [0.15, 0.2) is 11.5 Å². The van der Waals surface area contributed by atoms with Crippen LogP contribution in [0.15, 0.2) is 59.5 Å². The maximum Gasteiger partial charge on any atom is 0.256 e. The molecule has 1 aromatic heterocycles. The molecule has 8 heteroatoms. The van der Waals surface area contributed by atoms with Gasteiger partial charge in [0.25, 0.3) is 5.91 Å². The zero-order valence-corrected chi connectivity index (χ0v) is 24.5. The van der Waals surface area contributed by atoms with Crippen LogP contribution in [0.25, 0.3) is 27.4 Å². The molecule has 8 nitrogen and oxygen atoms in total. The molecule has 2 atom stereocenters. The molecule has 3 aliphatic rings. The summed E-state index contributed by atoms with van der Waals surface area (Å²) in [5, 5.41) is 9.23. The molecule has 0 aliphatic carbocycles. The minimum absolute atomic E-state index is 0.151. The number of benzene rings is 3. The van der Waals surface area contributed by atoms with Crippen molar-refractivity contribution in [3.05, 3.63) is 70.5 Å². The standard InChI is InChI=1S/C34H39N5O3/c1-22-7-5-17-38(22)18-15-35-28-12-11-26-31-33(28)42-30-20-24-9-4-3-8-23(24)19-29(30)39(31)21-27(32(26)40)34(41)36-14-13-25-10-6-16-37(25)2/h3-4,8-9,11-12,19-22,25,35H,5-7,10,13-18H2,1-2H3,(H,36,41). The van der Waals surface area contributed by atoms with Crippen molar-refractivity contribution in [1.82, 2.24) is 19.7 Å². The van der Waals surface area contributed by atoms with Crippen molar-refractivity contribution in [1.29, 1.82) is 0 Å². The van der Waals surface area contributed by atoms with E-state index in [4.69, 9.17) is 4.74 Å². The third-order valence-electron chi connectivity index (χ3n) is 9.50. The predicted octanol–water partition coefficient (Wildman–Crippen LogP) is 5.36. The number of likely N-dealkylation sites (tertiary alicyclic amines) is 2. The minimum atomic E-state index is -0.330. The lowest BCUT2D eigenvalue weighted by Crippen LogP contribution is -2.34. The zero-order valence-electron chi connectivity index (χ0n) is 24.5. The van der Waals surface area contributed by atoms with E-state index in [1.165, 1.54) is 19.3 Å². The fourth-order valence-corrected chi connectivity index (χ4v) is 7.02. The number of pyridine rings is 1. The number of nitrogens with one attached hydrogen (secondary N) is 2. The van der Waals surface area contributed by atoms with Crippen molar-refractivity contribution < 1.29 is 9.53 Å². The Morgan fingerprint density at radius 2 is 1.83 bits per heavy atom. The number of hydrogen-bond donors (Lipinski definition) is 2. The number of nitrogens with zero attached hydrogens (tertiary/aromatic N) is 3. The van der Waals surface area contributed by atoms with Crippen molar-refractivity contribution >= 4 is 33.3 Å². The van der Waals surface area contributed by atoms with Gasteiger partial charge >= 0.3 is 0 Å². The van der Waals surface area contributed by atoms with Crippen molar-refractivity contribution in [2.45, 2.75) is 51.1 Å². The smallest absolute Gasteiger partial charge is 0.256 e. The van der Waals surface area contributed by atoms with E-state index < -0.39 is 0 Å².